The fourth-order valence-corrected chi connectivity index (χ4v) is 3.00. The first-order valence-corrected chi connectivity index (χ1v) is 7.77. The molecule has 3 rings (SSSR count). The number of rotatable bonds is 6. The van der Waals surface area contributed by atoms with Gasteiger partial charge in [-0.3, -0.25) is 4.90 Å². The molecule has 7 nitrogen and oxygen atoms in total. The first-order valence-electron chi connectivity index (χ1n) is 7.77. The van der Waals surface area contributed by atoms with Crippen molar-refractivity contribution in [2.24, 2.45) is 0 Å². The molecule has 0 saturated carbocycles. The monoisotopic (exact) mass is 305 g/mol. The van der Waals surface area contributed by atoms with Crippen molar-refractivity contribution in [1.82, 2.24) is 24.6 Å². The third kappa shape index (κ3) is 3.53. The van der Waals surface area contributed by atoms with Crippen LogP contribution in [-0.4, -0.2) is 51.5 Å². The molecule has 7 heteroatoms. The van der Waals surface area contributed by atoms with Crippen LogP contribution in [0.25, 0.3) is 0 Å². The lowest BCUT2D eigenvalue weighted by Crippen LogP contribution is -2.33. The van der Waals surface area contributed by atoms with Gasteiger partial charge in [0.25, 0.3) is 0 Å². The van der Waals surface area contributed by atoms with E-state index in [1.54, 1.807) is 7.11 Å². The van der Waals surface area contributed by atoms with Gasteiger partial charge in [-0.25, -0.2) is 4.98 Å². The van der Waals surface area contributed by atoms with Gasteiger partial charge in [0.15, 0.2) is 0 Å². The number of aryl methyl sites for hydroxylation is 1. The lowest BCUT2D eigenvalue weighted by molar-refractivity contribution is 0.174. The maximum Gasteiger partial charge on any atom is 0.230 e. The van der Waals surface area contributed by atoms with E-state index in [2.05, 4.69) is 24.6 Å². The quantitative estimate of drug-likeness (QED) is 0.807. The van der Waals surface area contributed by atoms with Crippen molar-refractivity contribution in [2.45, 2.75) is 38.8 Å². The van der Waals surface area contributed by atoms with E-state index in [0.29, 0.717) is 17.7 Å². The van der Waals surface area contributed by atoms with Crippen LogP contribution in [0.2, 0.25) is 0 Å². The van der Waals surface area contributed by atoms with Crippen LogP contribution in [0.5, 0.6) is 0 Å². The number of aromatic nitrogens is 4. The molecule has 2 aromatic rings. The number of piperidine rings is 1. The Balaban J connectivity index is 1.54. The summed E-state index contributed by atoms with van der Waals surface area (Å²) in [5.74, 6) is 3.04. The van der Waals surface area contributed by atoms with Gasteiger partial charge < -0.3 is 13.7 Å². The molecular formula is C15H23N5O2. The van der Waals surface area contributed by atoms with Crippen molar-refractivity contribution < 1.29 is 9.15 Å². The van der Waals surface area contributed by atoms with Gasteiger partial charge in [0.05, 0.1) is 13.2 Å². The van der Waals surface area contributed by atoms with Crippen LogP contribution in [0, 0.1) is 6.92 Å². The highest BCUT2D eigenvalue weighted by atomic mass is 16.5. The van der Waals surface area contributed by atoms with Crippen LogP contribution in [-0.2, 0) is 17.8 Å². The summed E-state index contributed by atoms with van der Waals surface area (Å²) >= 11 is 0. The van der Waals surface area contributed by atoms with Crippen LogP contribution < -0.4 is 0 Å². The molecule has 0 amide bonds. The van der Waals surface area contributed by atoms with Crippen molar-refractivity contribution in [1.29, 1.82) is 0 Å². The highest BCUT2D eigenvalue weighted by Crippen LogP contribution is 2.27. The van der Waals surface area contributed by atoms with Crippen molar-refractivity contribution in [3.8, 4) is 0 Å². The van der Waals surface area contributed by atoms with Gasteiger partial charge >= 0.3 is 0 Å². The highest BCUT2D eigenvalue weighted by Gasteiger charge is 2.24. The number of nitrogens with zero attached hydrogens (tertiary/aromatic N) is 5. The average molecular weight is 305 g/mol. The molecule has 22 heavy (non-hydrogen) atoms. The molecule has 0 N–H and O–H groups in total. The molecule has 0 spiro atoms. The van der Waals surface area contributed by atoms with Crippen LogP contribution in [0.1, 0.15) is 36.4 Å². The Bertz CT molecular complexity index is 586. The van der Waals surface area contributed by atoms with E-state index in [0.717, 1.165) is 45.6 Å². The predicted octanol–water partition coefficient (Wildman–Crippen LogP) is 1.60. The minimum absolute atomic E-state index is 0.521. The molecule has 2 aromatic heterocycles. The van der Waals surface area contributed by atoms with E-state index in [1.807, 2.05) is 19.3 Å². The SMILES string of the molecule is COCCn1ccnc1C1CCN(Cc2nnc(C)o2)CC1. The van der Waals surface area contributed by atoms with Gasteiger partial charge in [0, 0.05) is 38.9 Å². The third-order valence-electron chi connectivity index (χ3n) is 4.16. The molecule has 0 aromatic carbocycles. The lowest BCUT2D eigenvalue weighted by atomic mass is 9.96. The summed E-state index contributed by atoms with van der Waals surface area (Å²) < 4.78 is 12.8. The van der Waals surface area contributed by atoms with E-state index in [1.165, 1.54) is 5.82 Å². The maximum absolute atomic E-state index is 5.45. The molecule has 1 saturated heterocycles. The van der Waals surface area contributed by atoms with Crippen LogP contribution in [0.15, 0.2) is 16.8 Å². The molecule has 1 fully saturated rings. The summed E-state index contributed by atoms with van der Waals surface area (Å²) in [6, 6.07) is 0. The summed E-state index contributed by atoms with van der Waals surface area (Å²) in [7, 11) is 1.73. The Morgan fingerprint density at radius 1 is 1.32 bits per heavy atom. The van der Waals surface area contributed by atoms with Gasteiger partial charge in [-0.2, -0.15) is 0 Å². The number of ether oxygens (including phenoxy) is 1. The summed E-state index contributed by atoms with van der Waals surface area (Å²) in [5.41, 5.74) is 0. The third-order valence-corrected chi connectivity index (χ3v) is 4.16. The highest BCUT2D eigenvalue weighted by molar-refractivity contribution is 5.02. The zero-order chi connectivity index (χ0) is 15.4. The van der Waals surface area contributed by atoms with Gasteiger partial charge in [-0.15, -0.1) is 10.2 Å². The van der Waals surface area contributed by atoms with E-state index >= 15 is 0 Å². The summed E-state index contributed by atoms with van der Waals surface area (Å²) in [4.78, 5) is 6.92. The zero-order valence-corrected chi connectivity index (χ0v) is 13.2. The van der Waals surface area contributed by atoms with Crippen LogP contribution in [0.4, 0.5) is 0 Å². The number of imidazole rings is 1. The molecule has 1 aliphatic heterocycles. The Morgan fingerprint density at radius 2 is 2.14 bits per heavy atom. The normalized spacial score (nSPS) is 17.2. The Morgan fingerprint density at radius 3 is 2.82 bits per heavy atom. The first kappa shape index (κ1) is 15.2. The summed E-state index contributed by atoms with van der Waals surface area (Å²) in [6.07, 6.45) is 6.15. The Hall–Kier alpha value is -1.73. The second kappa shape index (κ2) is 7.02. The molecule has 1 aliphatic rings. The van der Waals surface area contributed by atoms with E-state index in [9.17, 15) is 0 Å². The molecule has 0 unspecified atom stereocenters. The van der Waals surface area contributed by atoms with E-state index < -0.39 is 0 Å². The van der Waals surface area contributed by atoms with Crippen molar-refractivity contribution in [3.63, 3.8) is 0 Å². The van der Waals surface area contributed by atoms with Crippen molar-refractivity contribution >= 4 is 0 Å². The summed E-state index contributed by atoms with van der Waals surface area (Å²) in [6.45, 7) is 6.22. The topological polar surface area (TPSA) is 69.2 Å². The van der Waals surface area contributed by atoms with E-state index in [-0.39, 0.29) is 0 Å². The van der Waals surface area contributed by atoms with Crippen LogP contribution in [0.3, 0.4) is 0 Å². The van der Waals surface area contributed by atoms with Gasteiger partial charge in [-0.05, 0) is 25.9 Å². The predicted molar refractivity (Wildman–Crippen MR) is 80.4 cm³/mol. The summed E-state index contributed by atoms with van der Waals surface area (Å²) in [5, 5.41) is 7.95. The van der Waals surface area contributed by atoms with E-state index in [4.69, 9.17) is 9.15 Å². The van der Waals surface area contributed by atoms with Gasteiger partial charge in [0.2, 0.25) is 11.8 Å². The smallest absolute Gasteiger partial charge is 0.230 e. The largest absolute Gasteiger partial charge is 0.424 e. The molecule has 0 atom stereocenters. The standard InChI is InChI=1S/C15H23N5O2/c1-12-17-18-14(22-12)11-19-6-3-13(4-7-19)15-16-5-8-20(15)9-10-21-2/h5,8,13H,3-4,6-7,9-11H2,1-2H3. The fraction of sp³-hybridized carbons (Fsp3) is 0.667. The Labute approximate surface area is 130 Å². The average Bonchev–Trinajstić information content (AvgIpc) is 3.15. The fourth-order valence-electron chi connectivity index (χ4n) is 3.00. The second-order valence-corrected chi connectivity index (χ2v) is 5.74. The minimum atomic E-state index is 0.521. The minimum Gasteiger partial charge on any atom is -0.424 e. The van der Waals surface area contributed by atoms with Crippen molar-refractivity contribution in [3.05, 3.63) is 30.0 Å². The number of likely N-dealkylation sites (tertiary alicyclic amines) is 1. The molecule has 120 valence electrons. The first-order chi connectivity index (χ1) is 10.8. The lowest BCUT2D eigenvalue weighted by Gasteiger charge is -2.30. The molecule has 0 radical (unpaired) electrons. The Kier molecular flexibility index (Phi) is 4.84. The number of hydrogen-bond donors (Lipinski definition) is 0. The number of hydrogen-bond acceptors (Lipinski definition) is 6. The van der Waals surface area contributed by atoms with Crippen molar-refractivity contribution in [2.75, 3.05) is 26.8 Å². The molecule has 0 aliphatic carbocycles. The van der Waals surface area contributed by atoms with Gasteiger partial charge in [0.1, 0.15) is 5.82 Å². The van der Waals surface area contributed by atoms with Crippen LogP contribution >= 0.6 is 0 Å². The van der Waals surface area contributed by atoms with Gasteiger partial charge in [-0.1, -0.05) is 0 Å². The molecule has 3 heterocycles. The number of methoxy groups -OCH3 is 1. The second-order valence-electron chi connectivity index (χ2n) is 5.74. The molecular weight excluding hydrogens is 282 g/mol. The maximum atomic E-state index is 5.45. The zero-order valence-electron chi connectivity index (χ0n) is 13.2. The molecule has 0 bridgehead atoms.